The number of carbonyl (C=O) groups excluding carboxylic acids is 4. The van der Waals surface area contributed by atoms with Gasteiger partial charge in [0.05, 0.1) is 0 Å². The lowest BCUT2D eigenvalue weighted by molar-refractivity contribution is -0.150. The van der Waals surface area contributed by atoms with E-state index in [9.17, 15) is 19.2 Å². The molecular weight excluding hydrogens is 248 g/mol. The summed E-state index contributed by atoms with van der Waals surface area (Å²) in [4.78, 5) is 48.0. The fraction of sp³-hybridized carbons (Fsp3) is 0.538. The lowest BCUT2D eigenvalue weighted by atomic mass is 9.86. The summed E-state index contributed by atoms with van der Waals surface area (Å²) in [6.07, 6.45) is 1.61. The Morgan fingerprint density at radius 2 is 1.84 bits per heavy atom. The number of hydrogen-bond donors (Lipinski definition) is 1. The zero-order valence-electron chi connectivity index (χ0n) is 11.1. The second-order valence-electron chi connectivity index (χ2n) is 5.79. The normalized spacial score (nSPS) is 24.7. The van der Waals surface area contributed by atoms with Crippen LogP contribution in [0.3, 0.4) is 0 Å². The van der Waals surface area contributed by atoms with Crippen LogP contribution in [0, 0.1) is 5.41 Å². The van der Waals surface area contributed by atoms with Crippen LogP contribution in [-0.4, -0.2) is 34.6 Å². The third kappa shape index (κ3) is 2.30. The molecule has 6 heteroatoms. The smallest absolute Gasteiger partial charge is 0.258 e. The molecule has 2 aliphatic heterocycles. The van der Waals surface area contributed by atoms with Crippen LogP contribution in [0.4, 0.5) is 0 Å². The van der Waals surface area contributed by atoms with Crippen molar-refractivity contribution in [2.75, 3.05) is 0 Å². The topological polar surface area (TPSA) is 83.6 Å². The van der Waals surface area contributed by atoms with Crippen LogP contribution in [0.25, 0.3) is 0 Å². The maximum atomic E-state index is 12.3. The Morgan fingerprint density at radius 3 is 2.32 bits per heavy atom. The SMILES string of the molecule is CC(C)(C)C1=CC(=O)N(C2CCC(=O)NC2=O)C1=O. The van der Waals surface area contributed by atoms with Gasteiger partial charge in [0.2, 0.25) is 11.8 Å². The third-order valence-corrected chi connectivity index (χ3v) is 3.28. The van der Waals surface area contributed by atoms with Crippen LogP contribution >= 0.6 is 0 Å². The highest BCUT2D eigenvalue weighted by Crippen LogP contribution is 2.32. The van der Waals surface area contributed by atoms with E-state index in [0.717, 1.165) is 4.90 Å². The average molecular weight is 264 g/mol. The number of piperidine rings is 1. The molecule has 102 valence electrons. The fourth-order valence-electron chi connectivity index (χ4n) is 2.25. The third-order valence-electron chi connectivity index (χ3n) is 3.28. The van der Waals surface area contributed by atoms with E-state index in [1.165, 1.54) is 6.08 Å². The maximum absolute atomic E-state index is 12.3. The van der Waals surface area contributed by atoms with Gasteiger partial charge in [-0.1, -0.05) is 20.8 Å². The summed E-state index contributed by atoms with van der Waals surface area (Å²) in [5.41, 5.74) is -0.0650. The van der Waals surface area contributed by atoms with Gasteiger partial charge in [-0.05, 0) is 11.8 Å². The van der Waals surface area contributed by atoms with E-state index in [4.69, 9.17) is 0 Å². The Kier molecular flexibility index (Phi) is 3.04. The van der Waals surface area contributed by atoms with E-state index >= 15 is 0 Å². The van der Waals surface area contributed by atoms with Gasteiger partial charge < -0.3 is 0 Å². The monoisotopic (exact) mass is 264 g/mol. The maximum Gasteiger partial charge on any atom is 0.258 e. The molecule has 0 aliphatic carbocycles. The van der Waals surface area contributed by atoms with Gasteiger partial charge in [-0.3, -0.25) is 29.4 Å². The number of imide groups is 2. The highest BCUT2D eigenvalue weighted by molar-refractivity contribution is 6.19. The molecule has 1 fully saturated rings. The fourth-order valence-corrected chi connectivity index (χ4v) is 2.25. The van der Waals surface area contributed by atoms with Crippen molar-refractivity contribution < 1.29 is 19.2 Å². The van der Waals surface area contributed by atoms with Crippen molar-refractivity contribution in [3.63, 3.8) is 0 Å². The lowest BCUT2D eigenvalue weighted by Gasteiger charge is -2.29. The minimum Gasteiger partial charge on any atom is -0.295 e. The van der Waals surface area contributed by atoms with Gasteiger partial charge in [-0.15, -0.1) is 0 Å². The van der Waals surface area contributed by atoms with Crippen LogP contribution in [0.15, 0.2) is 11.6 Å². The molecule has 1 unspecified atom stereocenters. The number of nitrogens with one attached hydrogen (secondary N) is 1. The molecule has 19 heavy (non-hydrogen) atoms. The molecule has 0 radical (unpaired) electrons. The van der Waals surface area contributed by atoms with Crippen molar-refractivity contribution in [2.24, 2.45) is 5.41 Å². The molecule has 0 aromatic carbocycles. The second kappa shape index (κ2) is 4.29. The number of amides is 4. The quantitative estimate of drug-likeness (QED) is 0.682. The van der Waals surface area contributed by atoms with E-state index in [-0.39, 0.29) is 18.7 Å². The second-order valence-corrected chi connectivity index (χ2v) is 5.79. The van der Waals surface area contributed by atoms with Gasteiger partial charge in [0.25, 0.3) is 11.8 Å². The molecule has 6 nitrogen and oxygen atoms in total. The van der Waals surface area contributed by atoms with E-state index in [1.807, 2.05) is 20.8 Å². The van der Waals surface area contributed by atoms with Gasteiger partial charge in [-0.2, -0.15) is 0 Å². The number of nitrogens with zero attached hydrogens (tertiary/aromatic N) is 1. The van der Waals surface area contributed by atoms with E-state index < -0.39 is 29.2 Å². The zero-order chi connectivity index (χ0) is 14.4. The van der Waals surface area contributed by atoms with Gasteiger partial charge in [0, 0.05) is 18.1 Å². The summed E-state index contributed by atoms with van der Waals surface area (Å²) in [6, 6.07) is -0.881. The Morgan fingerprint density at radius 1 is 1.21 bits per heavy atom. The summed E-state index contributed by atoms with van der Waals surface area (Å²) in [5, 5.41) is 2.15. The number of hydrogen-bond acceptors (Lipinski definition) is 4. The first kappa shape index (κ1) is 13.5. The predicted molar refractivity (Wildman–Crippen MR) is 65.6 cm³/mol. The van der Waals surface area contributed by atoms with Gasteiger partial charge >= 0.3 is 0 Å². The van der Waals surface area contributed by atoms with Crippen molar-refractivity contribution >= 4 is 23.6 Å². The minimum atomic E-state index is -0.881. The molecule has 0 spiro atoms. The molecular formula is C13H16N2O4. The molecule has 1 saturated heterocycles. The van der Waals surface area contributed by atoms with Gasteiger partial charge in [-0.25, -0.2) is 0 Å². The lowest BCUT2D eigenvalue weighted by Crippen LogP contribution is -2.54. The van der Waals surface area contributed by atoms with Crippen molar-refractivity contribution in [2.45, 2.75) is 39.7 Å². The first-order valence-electron chi connectivity index (χ1n) is 6.15. The zero-order valence-corrected chi connectivity index (χ0v) is 11.1. The summed E-state index contributed by atoms with van der Waals surface area (Å²) in [5.74, 6) is -1.87. The van der Waals surface area contributed by atoms with Crippen LogP contribution in [0.1, 0.15) is 33.6 Å². The van der Waals surface area contributed by atoms with Crippen LogP contribution in [0.5, 0.6) is 0 Å². The molecule has 0 aromatic heterocycles. The molecule has 0 bridgehead atoms. The molecule has 0 aromatic rings. The van der Waals surface area contributed by atoms with Crippen molar-refractivity contribution in [1.29, 1.82) is 0 Å². The van der Waals surface area contributed by atoms with Crippen LogP contribution in [0.2, 0.25) is 0 Å². The summed E-state index contributed by atoms with van der Waals surface area (Å²) in [6.45, 7) is 5.49. The largest absolute Gasteiger partial charge is 0.295 e. The summed E-state index contributed by atoms with van der Waals surface area (Å²) in [7, 11) is 0. The minimum absolute atomic E-state index is 0.137. The number of rotatable bonds is 1. The predicted octanol–water partition coefficient (Wildman–Crippen LogP) is 0.133. The summed E-state index contributed by atoms with van der Waals surface area (Å²) >= 11 is 0. The Bertz CT molecular complexity index is 513. The average Bonchev–Trinajstić information content (AvgIpc) is 2.55. The molecule has 2 aliphatic rings. The molecule has 4 amide bonds. The van der Waals surface area contributed by atoms with Gasteiger partial charge in [0.1, 0.15) is 6.04 Å². The molecule has 0 saturated carbocycles. The van der Waals surface area contributed by atoms with E-state index in [2.05, 4.69) is 5.32 Å². The summed E-state index contributed by atoms with van der Waals surface area (Å²) < 4.78 is 0. The van der Waals surface area contributed by atoms with E-state index in [0.29, 0.717) is 5.57 Å². The van der Waals surface area contributed by atoms with Crippen molar-refractivity contribution in [3.05, 3.63) is 11.6 Å². The standard InChI is InChI=1S/C13H16N2O4/c1-13(2,3)7-6-10(17)15(12(7)19)8-4-5-9(16)14-11(8)18/h6,8H,4-5H2,1-3H3,(H,14,16,18). The molecule has 1 N–H and O–H groups in total. The van der Waals surface area contributed by atoms with Crippen molar-refractivity contribution in [3.8, 4) is 0 Å². The van der Waals surface area contributed by atoms with Gasteiger partial charge in [0.15, 0.2) is 0 Å². The molecule has 1 atom stereocenters. The van der Waals surface area contributed by atoms with Crippen LogP contribution < -0.4 is 5.32 Å². The Hall–Kier alpha value is -1.98. The van der Waals surface area contributed by atoms with E-state index in [1.54, 1.807) is 0 Å². The van der Waals surface area contributed by atoms with Crippen molar-refractivity contribution in [1.82, 2.24) is 10.2 Å². The first-order chi connectivity index (χ1) is 8.71. The number of carbonyl (C=O) groups is 4. The Labute approximate surface area is 110 Å². The Balaban J connectivity index is 2.25. The molecule has 2 heterocycles. The highest BCUT2D eigenvalue weighted by atomic mass is 16.2. The highest BCUT2D eigenvalue weighted by Gasteiger charge is 2.44. The van der Waals surface area contributed by atoms with Crippen LogP contribution in [-0.2, 0) is 19.2 Å². The molecule has 2 rings (SSSR count). The first-order valence-corrected chi connectivity index (χ1v) is 6.15.